The zero-order valence-corrected chi connectivity index (χ0v) is 20.1. The van der Waals surface area contributed by atoms with Gasteiger partial charge in [0.05, 0.1) is 17.1 Å². The SMILES string of the molecule is CCCC=C1CCN([C@@H]2CCC3(O)[C@H]4Cc5ccc(O)c6c5[C@@]3(CCN4CC3CC3)[C@H]2O6)C1=O. The molecule has 6 heteroatoms. The number of nitrogens with zero attached hydrogens (tertiary/aromatic N) is 2. The quantitative estimate of drug-likeness (QED) is 0.655. The standard InChI is InChI=1S/C28H36N2O4/c1-2-3-4-18-10-13-30(26(18)32)20-9-11-28(33)22-15-19-7-8-21(31)24-23(19)27(28,25(20)34-24)12-14-29(22)16-17-5-6-17/h4,7-8,17,20,22,25,31,33H,2-3,5-6,9-16H2,1H3/t20-,22-,25+,27+,28?/m1/s1. The summed E-state index contributed by atoms with van der Waals surface area (Å²) in [6, 6.07) is 3.81. The van der Waals surface area contributed by atoms with E-state index in [4.69, 9.17) is 4.74 Å². The molecule has 2 bridgehead atoms. The Morgan fingerprint density at radius 1 is 1.21 bits per heavy atom. The monoisotopic (exact) mass is 464 g/mol. The molecule has 3 heterocycles. The van der Waals surface area contributed by atoms with E-state index >= 15 is 0 Å². The average Bonchev–Trinajstić information content (AvgIpc) is 3.46. The van der Waals surface area contributed by atoms with Gasteiger partial charge in [0.25, 0.3) is 0 Å². The van der Waals surface area contributed by atoms with Crippen LogP contribution in [0.2, 0.25) is 0 Å². The number of ether oxygens (including phenoxy) is 1. The summed E-state index contributed by atoms with van der Waals surface area (Å²) in [7, 11) is 0. The number of carbonyl (C=O) groups excluding carboxylic acids is 1. The number of carbonyl (C=O) groups is 1. The molecule has 0 aromatic heterocycles. The van der Waals surface area contributed by atoms with Crippen molar-refractivity contribution in [3.05, 3.63) is 34.9 Å². The zero-order chi connectivity index (χ0) is 23.2. The first-order valence-electron chi connectivity index (χ1n) is 13.5. The van der Waals surface area contributed by atoms with E-state index in [2.05, 4.69) is 17.9 Å². The van der Waals surface area contributed by atoms with Crippen LogP contribution in [0.15, 0.2) is 23.8 Å². The average molecular weight is 465 g/mol. The molecule has 3 aliphatic heterocycles. The second-order valence-electron chi connectivity index (χ2n) is 11.7. The Hall–Kier alpha value is -2.05. The number of phenolic OH excluding ortho intramolecular Hbond substituents is 1. The van der Waals surface area contributed by atoms with E-state index in [0.717, 1.165) is 75.2 Å². The van der Waals surface area contributed by atoms with Crippen LogP contribution >= 0.6 is 0 Å². The lowest BCUT2D eigenvalue weighted by Gasteiger charge is -2.64. The molecule has 5 atom stereocenters. The molecule has 182 valence electrons. The maximum atomic E-state index is 13.4. The number of benzene rings is 1. The highest BCUT2D eigenvalue weighted by molar-refractivity contribution is 5.96. The maximum Gasteiger partial charge on any atom is 0.249 e. The molecule has 34 heavy (non-hydrogen) atoms. The van der Waals surface area contributed by atoms with Gasteiger partial charge >= 0.3 is 0 Å². The Labute approximate surface area is 201 Å². The minimum Gasteiger partial charge on any atom is -0.504 e. The normalized spacial score (nSPS) is 39.5. The van der Waals surface area contributed by atoms with Crippen LogP contribution in [-0.4, -0.2) is 69.3 Å². The first-order chi connectivity index (χ1) is 16.5. The summed E-state index contributed by atoms with van der Waals surface area (Å²) in [6.45, 7) is 4.88. The predicted molar refractivity (Wildman–Crippen MR) is 128 cm³/mol. The van der Waals surface area contributed by atoms with Crippen LogP contribution in [0.4, 0.5) is 0 Å². The number of likely N-dealkylation sites (tertiary alicyclic amines) is 2. The summed E-state index contributed by atoms with van der Waals surface area (Å²) < 4.78 is 6.65. The van der Waals surface area contributed by atoms with Gasteiger partial charge in [0.1, 0.15) is 6.10 Å². The van der Waals surface area contributed by atoms with Gasteiger partial charge in [-0.3, -0.25) is 9.69 Å². The third kappa shape index (κ3) is 2.62. The molecule has 6 aliphatic rings. The topological polar surface area (TPSA) is 73.2 Å². The van der Waals surface area contributed by atoms with Crippen molar-refractivity contribution >= 4 is 5.91 Å². The van der Waals surface area contributed by atoms with Gasteiger partial charge in [0, 0.05) is 30.3 Å². The van der Waals surface area contributed by atoms with Crippen molar-refractivity contribution in [1.82, 2.24) is 9.80 Å². The molecule has 6 nitrogen and oxygen atoms in total. The van der Waals surface area contributed by atoms with Gasteiger partial charge in [-0.1, -0.05) is 25.5 Å². The number of unbranched alkanes of at least 4 members (excludes halogenated alkanes) is 1. The van der Waals surface area contributed by atoms with Crippen LogP contribution < -0.4 is 4.74 Å². The third-order valence-electron chi connectivity index (χ3n) is 9.97. The van der Waals surface area contributed by atoms with Crippen LogP contribution in [-0.2, 0) is 16.6 Å². The number of rotatable bonds is 5. The van der Waals surface area contributed by atoms with Gasteiger partial charge in [0.15, 0.2) is 11.5 Å². The van der Waals surface area contributed by atoms with Crippen molar-refractivity contribution in [3.63, 3.8) is 0 Å². The number of hydrogen-bond acceptors (Lipinski definition) is 5. The lowest BCUT2D eigenvalue weighted by atomic mass is 9.48. The van der Waals surface area contributed by atoms with E-state index in [1.807, 2.05) is 11.0 Å². The molecule has 0 radical (unpaired) electrons. The number of hydrogen-bond donors (Lipinski definition) is 2. The van der Waals surface area contributed by atoms with Gasteiger partial charge in [-0.15, -0.1) is 0 Å². The molecular weight excluding hydrogens is 428 g/mol. The minimum absolute atomic E-state index is 0.0752. The van der Waals surface area contributed by atoms with Crippen molar-refractivity contribution in [2.24, 2.45) is 5.92 Å². The van der Waals surface area contributed by atoms with E-state index < -0.39 is 11.0 Å². The number of aliphatic hydroxyl groups is 1. The second kappa shape index (κ2) is 7.23. The lowest BCUT2D eigenvalue weighted by molar-refractivity contribution is -0.200. The fraction of sp³-hybridized carbons (Fsp3) is 0.679. The van der Waals surface area contributed by atoms with Crippen molar-refractivity contribution in [1.29, 1.82) is 0 Å². The molecule has 2 saturated carbocycles. The van der Waals surface area contributed by atoms with Crippen LogP contribution in [0.3, 0.4) is 0 Å². The van der Waals surface area contributed by atoms with E-state index in [9.17, 15) is 15.0 Å². The summed E-state index contributed by atoms with van der Waals surface area (Å²) in [5.41, 5.74) is 1.73. The Kier molecular flexibility index (Phi) is 4.52. The van der Waals surface area contributed by atoms with Crippen molar-refractivity contribution in [2.75, 3.05) is 19.6 Å². The number of piperidine rings is 1. The first kappa shape index (κ1) is 21.3. The van der Waals surface area contributed by atoms with E-state index in [0.29, 0.717) is 12.2 Å². The van der Waals surface area contributed by atoms with Crippen molar-refractivity contribution in [3.8, 4) is 11.5 Å². The van der Waals surface area contributed by atoms with Crippen molar-refractivity contribution in [2.45, 2.75) is 93.9 Å². The fourth-order valence-corrected chi connectivity index (χ4v) is 8.23. The second-order valence-corrected chi connectivity index (χ2v) is 11.7. The first-order valence-corrected chi connectivity index (χ1v) is 13.5. The van der Waals surface area contributed by atoms with Crippen LogP contribution in [0, 0.1) is 5.92 Å². The molecule has 2 saturated heterocycles. The third-order valence-corrected chi connectivity index (χ3v) is 9.97. The fourth-order valence-electron chi connectivity index (χ4n) is 8.23. The summed E-state index contributed by atoms with van der Waals surface area (Å²) in [5.74, 6) is 1.65. The van der Waals surface area contributed by atoms with Crippen LogP contribution in [0.5, 0.6) is 11.5 Å². The van der Waals surface area contributed by atoms with Gasteiger partial charge < -0.3 is 19.8 Å². The highest BCUT2D eigenvalue weighted by Crippen LogP contribution is 2.66. The number of amides is 1. The Bertz CT molecular complexity index is 1080. The summed E-state index contributed by atoms with van der Waals surface area (Å²) >= 11 is 0. The van der Waals surface area contributed by atoms with Crippen molar-refractivity contribution < 1.29 is 19.7 Å². The molecule has 1 amide bonds. The van der Waals surface area contributed by atoms with E-state index in [-0.39, 0.29) is 29.8 Å². The molecule has 1 unspecified atom stereocenters. The van der Waals surface area contributed by atoms with Crippen LogP contribution in [0.1, 0.15) is 69.4 Å². The summed E-state index contributed by atoms with van der Waals surface area (Å²) in [5, 5.41) is 23.4. The number of allylic oxidation sites excluding steroid dienone is 1. The number of phenols is 1. The van der Waals surface area contributed by atoms with Gasteiger partial charge in [0.2, 0.25) is 5.91 Å². The predicted octanol–water partition coefficient (Wildman–Crippen LogP) is 3.28. The van der Waals surface area contributed by atoms with Crippen LogP contribution in [0.25, 0.3) is 0 Å². The minimum atomic E-state index is -0.892. The maximum absolute atomic E-state index is 13.4. The molecular formula is C28H36N2O4. The molecule has 4 fully saturated rings. The summed E-state index contributed by atoms with van der Waals surface area (Å²) in [4.78, 5) is 18.0. The Morgan fingerprint density at radius 3 is 2.85 bits per heavy atom. The molecule has 1 spiro atoms. The highest BCUT2D eigenvalue weighted by Gasteiger charge is 2.73. The van der Waals surface area contributed by atoms with Gasteiger partial charge in [-0.25, -0.2) is 0 Å². The highest BCUT2D eigenvalue weighted by atomic mass is 16.5. The van der Waals surface area contributed by atoms with E-state index in [1.54, 1.807) is 6.07 Å². The molecule has 3 aliphatic carbocycles. The van der Waals surface area contributed by atoms with Gasteiger partial charge in [-0.05, 0) is 75.5 Å². The zero-order valence-electron chi connectivity index (χ0n) is 20.1. The Balaban J connectivity index is 1.31. The summed E-state index contributed by atoms with van der Waals surface area (Å²) in [6.07, 6.45) is 10.2. The molecule has 1 aromatic carbocycles. The Morgan fingerprint density at radius 2 is 2.06 bits per heavy atom. The molecule has 7 rings (SSSR count). The van der Waals surface area contributed by atoms with Gasteiger partial charge in [-0.2, -0.15) is 0 Å². The molecule has 2 N–H and O–H groups in total. The lowest BCUT2D eigenvalue weighted by Crippen LogP contribution is -2.78. The smallest absolute Gasteiger partial charge is 0.249 e. The largest absolute Gasteiger partial charge is 0.504 e. The van der Waals surface area contributed by atoms with E-state index in [1.165, 1.54) is 18.4 Å². The number of aromatic hydroxyl groups is 1. The molecule has 1 aromatic rings.